The van der Waals surface area contributed by atoms with Crippen molar-refractivity contribution in [2.45, 2.75) is 33.1 Å². The van der Waals surface area contributed by atoms with E-state index in [0.717, 1.165) is 22.1 Å². The Balaban J connectivity index is 1.81. The zero-order chi connectivity index (χ0) is 19.8. The van der Waals surface area contributed by atoms with Crippen molar-refractivity contribution in [3.63, 3.8) is 0 Å². The maximum Gasteiger partial charge on any atom is 0.311 e. The average Bonchev–Trinajstić information content (AvgIpc) is 3.13. The van der Waals surface area contributed by atoms with Gasteiger partial charge in [0.15, 0.2) is 0 Å². The van der Waals surface area contributed by atoms with Gasteiger partial charge in [-0.05, 0) is 47.7 Å². The normalized spacial score (nSPS) is 20.9. The van der Waals surface area contributed by atoms with Gasteiger partial charge in [-0.25, -0.2) is 0 Å². The summed E-state index contributed by atoms with van der Waals surface area (Å²) in [7, 11) is 1.64. The fourth-order valence-electron chi connectivity index (χ4n) is 3.97. The number of ether oxygens (including phenoxy) is 1. The van der Waals surface area contributed by atoms with Crippen molar-refractivity contribution in [2.75, 3.05) is 20.2 Å². The van der Waals surface area contributed by atoms with Crippen LogP contribution in [0.1, 0.15) is 38.7 Å². The molecule has 27 heavy (non-hydrogen) atoms. The summed E-state index contributed by atoms with van der Waals surface area (Å²) in [5, 5.41) is 11.8. The molecule has 1 N–H and O–H groups in total. The van der Waals surface area contributed by atoms with Gasteiger partial charge in [0.25, 0.3) is 0 Å². The summed E-state index contributed by atoms with van der Waals surface area (Å²) in [5.41, 5.74) is 0.102. The molecule has 0 aliphatic carbocycles. The van der Waals surface area contributed by atoms with Crippen molar-refractivity contribution in [3.8, 4) is 5.75 Å². The predicted octanol–water partition coefficient (Wildman–Crippen LogP) is 3.91. The molecule has 0 spiro atoms. The number of rotatable bonds is 5. The molecule has 0 saturated carbocycles. The van der Waals surface area contributed by atoms with Gasteiger partial charge in [0.05, 0.1) is 18.4 Å². The van der Waals surface area contributed by atoms with Crippen LogP contribution in [0, 0.1) is 11.3 Å². The third-order valence-electron chi connectivity index (χ3n) is 6.09. The number of fused-ring (bicyclic) bond motifs is 1. The number of benzene rings is 2. The number of nitrogens with zero attached hydrogens (tertiary/aromatic N) is 1. The third kappa shape index (κ3) is 3.38. The first-order valence-corrected chi connectivity index (χ1v) is 9.38. The Labute approximate surface area is 159 Å². The molecular weight excluding hydrogens is 342 g/mol. The number of methoxy groups -OCH3 is 1. The number of carbonyl (C=O) groups excluding carboxylic acids is 1. The van der Waals surface area contributed by atoms with Gasteiger partial charge in [-0.1, -0.05) is 38.1 Å². The second-order valence-electron chi connectivity index (χ2n) is 7.82. The first-order valence-electron chi connectivity index (χ1n) is 9.38. The second kappa shape index (κ2) is 7.22. The molecule has 1 amide bonds. The van der Waals surface area contributed by atoms with Gasteiger partial charge >= 0.3 is 5.97 Å². The summed E-state index contributed by atoms with van der Waals surface area (Å²) < 4.78 is 5.26. The van der Waals surface area contributed by atoms with E-state index < -0.39 is 11.4 Å². The molecule has 2 unspecified atom stereocenters. The van der Waals surface area contributed by atoms with E-state index in [1.165, 1.54) is 0 Å². The van der Waals surface area contributed by atoms with E-state index in [9.17, 15) is 14.7 Å². The molecule has 5 nitrogen and oxygen atoms in total. The van der Waals surface area contributed by atoms with Crippen LogP contribution in [0.4, 0.5) is 0 Å². The van der Waals surface area contributed by atoms with Gasteiger partial charge in [-0.2, -0.15) is 0 Å². The highest BCUT2D eigenvalue weighted by Gasteiger charge is 2.48. The van der Waals surface area contributed by atoms with Crippen LogP contribution in [0.5, 0.6) is 5.75 Å². The maximum absolute atomic E-state index is 13.0. The van der Waals surface area contributed by atoms with Crippen molar-refractivity contribution >= 4 is 22.6 Å². The Morgan fingerprint density at radius 1 is 1.11 bits per heavy atom. The Bertz CT molecular complexity index is 876. The number of likely N-dealkylation sites (tertiary alicyclic amines) is 1. The summed E-state index contributed by atoms with van der Waals surface area (Å²) in [4.78, 5) is 26.6. The Hall–Kier alpha value is -2.56. The van der Waals surface area contributed by atoms with Crippen molar-refractivity contribution < 1.29 is 19.4 Å². The van der Waals surface area contributed by atoms with Gasteiger partial charge < -0.3 is 14.7 Å². The Morgan fingerprint density at radius 2 is 1.78 bits per heavy atom. The molecule has 1 fully saturated rings. The maximum atomic E-state index is 13.0. The first kappa shape index (κ1) is 19.2. The number of carboxylic acid groups (broad SMARTS) is 1. The lowest BCUT2D eigenvalue weighted by Gasteiger charge is -2.29. The highest BCUT2D eigenvalue weighted by molar-refractivity contribution is 5.89. The number of aliphatic carboxylic acids is 1. The molecule has 2 aromatic carbocycles. The number of hydrogen-bond acceptors (Lipinski definition) is 3. The lowest BCUT2D eigenvalue weighted by molar-refractivity contribution is -0.151. The second-order valence-corrected chi connectivity index (χ2v) is 7.82. The first-order chi connectivity index (χ1) is 12.8. The largest absolute Gasteiger partial charge is 0.497 e. The number of carboxylic acids is 1. The molecule has 0 bridgehead atoms. The molecular formula is C22H27NO4. The van der Waals surface area contributed by atoms with Crippen LogP contribution >= 0.6 is 0 Å². The fourth-order valence-corrected chi connectivity index (χ4v) is 3.97. The van der Waals surface area contributed by atoms with Gasteiger partial charge in [-0.15, -0.1) is 0 Å². The van der Waals surface area contributed by atoms with Gasteiger partial charge in [0, 0.05) is 13.1 Å². The molecule has 5 heteroatoms. The van der Waals surface area contributed by atoms with E-state index in [0.29, 0.717) is 13.0 Å². The van der Waals surface area contributed by atoms with E-state index in [2.05, 4.69) is 0 Å². The van der Waals surface area contributed by atoms with Gasteiger partial charge in [0.1, 0.15) is 5.75 Å². The highest BCUT2D eigenvalue weighted by atomic mass is 16.5. The smallest absolute Gasteiger partial charge is 0.311 e. The molecule has 3 rings (SSSR count). The van der Waals surface area contributed by atoms with Gasteiger partial charge in [0.2, 0.25) is 5.91 Å². The standard InChI is InChI=1S/C22H27NO4/c1-14(2)22(21(25)26)9-10-23(13-22)20(24)15(3)16-5-6-18-12-19(27-4)8-7-17(18)11-16/h5-8,11-12,14-15H,9-10,13H2,1-4H3,(H,25,26). The predicted molar refractivity (Wildman–Crippen MR) is 105 cm³/mol. The number of amides is 1. The molecule has 0 aromatic heterocycles. The number of carbonyl (C=O) groups is 2. The van der Waals surface area contributed by atoms with E-state index in [1.54, 1.807) is 12.0 Å². The monoisotopic (exact) mass is 369 g/mol. The van der Waals surface area contributed by atoms with Crippen LogP contribution in [-0.4, -0.2) is 42.1 Å². The molecule has 1 saturated heterocycles. The summed E-state index contributed by atoms with van der Waals surface area (Å²) in [5.74, 6) is -0.339. The zero-order valence-corrected chi connectivity index (χ0v) is 16.4. The quantitative estimate of drug-likeness (QED) is 0.868. The van der Waals surface area contributed by atoms with E-state index in [-0.39, 0.29) is 24.3 Å². The lowest BCUT2D eigenvalue weighted by Crippen LogP contribution is -2.41. The molecule has 2 atom stereocenters. The summed E-state index contributed by atoms with van der Waals surface area (Å²) in [6.45, 7) is 6.52. The summed E-state index contributed by atoms with van der Waals surface area (Å²) >= 11 is 0. The van der Waals surface area contributed by atoms with Crippen molar-refractivity contribution in [1.82, 2.24) is 4.90 Å². The van der Waals surface area contributed by atoms with Crippen LogP contribution in [0.15, 0.2) is 36.4 Å². The zero-order valence-electron chi connectivity index (χ0n) is 16.4. The van der Waals surface area contributed by atoms with Crippen LogP contribution in [-0.2, 0) is 9.59 Å². The molecule has 1 aliphatic rings. The minimum absolute atomic E-state index is 0.00774. The molecule has 0 radical (unpaired) electrons. The SMILES string of the molecule is COc1ccc2cc(C(C)C(=O)N3CCC(C(=O)O)(C(C)C)C3)ccc2c1. The topological polar surface area (TPSA) is 66.8 Å². The van der Waals surface area contributed by atoms with Crippen molar-refractivity contribution in [1.29, 1.82) is 0 Å². The van der Waals surface area contributed by atoms with E-state index in [1.807, 2.05) is 57.2 Å². The van der Waals surface area contributed by atoms with Crippen molar-refractivity contribution in [2.24, 2.45) is 11.3 Å². The highest BCUT2D eigenvalue weighted by Crippen LogP contribution is 2.39. The third-order valence-corrected chi connectivity index (χ3v) is 6.09. The lowest BCUT2D eigenvalue weighted by atomic mass is 9.76. The van der Waals surface area contributed by atoms with Crippen molar-refractivity contribution in [3.05, 3.63) is 42.0 Å². The fraction of sp³-hybridized carbons (Fsp3) is 0.455. The minimum atomic E-state index is -0.838. The van der Waals surface area contributed by atoms with Crippen LogP contribution in [0.3, 0.4) is 0 Å². The molecule has 144 valence electrons. The summed E-state index contributed by atoms with van der Waals surface area (Å²) in [6.07, 6.45) is 0.510. The van der Waals surface area contributed by atoms with Crippen LogP contribution < -0.4 is 4.74 Å². The minimum Gasteiger partial charge on any atom is -0.497 e. The number of hydrogen-bond donors (Lipinski definition) is 1. The van der Waals surface area contributed by atoms with E-state index in [4.69, 9.17) is 4.74 Å². The Morgan fingerprint density at radius 3 is 2.37 bits per heavy atom. The Kier molecular flexibility index (Phi) is 5.13. The molecule has 1 aliphatic heterocycles. The van der Waals surface area contributed by atoms with Gasteiger partial charge in [-0.3, -0.25) is 9.59 Å². The van der Waals surface area contributed by atoms with Crippen LogP contribution in [0.2, 0.25) is 0 Å². The van der Waals surface area contributed by atoms with E-state index >= 15 is 0 Å². The molecule has 2 aromatic rings. The average molecular weight is 369 g/mol. The van der Waals surface area contributed by atoms with Crippen LogP contribution in [0.25, 0.3) is 10.8 Å². The summed E-state index contributed by atoms with van der Waals surface area (Å²) in [6, 6.07) is 11.8. The molecule has 1 heterocycles.